The Hall–Kier alpha value is -1.68. The summed E-state index contributed by atoms with van der Waals surface area (Å²) in [6.07, 6.45) is 0. The molecule has 0 aliphatic heterocycles. The highest BCUT2D eigenvalue weighted by Crippen LogP contribution is 2.26. The Labute approximate surface area is 126 Å². The molecule has 20 heavy (non-hydrogen) atoms. The highest BCUT2D eigenvalue weighted by molar-refractivity contribution is 9.10. The number of carbonyl (C=O) groups excluding carboxylic acids is 1. The minimum atomic E-state index is -0.338. The van der Waals surface area contributed by atoms with Crippen molar-refractivity contribution in [2.24, 2.45) is 0 Å². The molecule has 0 unspecified atom stereocenters. The molecular weight excluding hydrogens is 321 g/mol. The third-order valence-corrected chi connectivity index (χ3v) is 3.63. The molecule has 0 atom stereocenters. The Morgan fingerprint density at radius 1 is 1.05 bits per heavy atom. The van der Waals surface area contributed by atoms with Gasteiger partial charge in [0.05, 0.1) is 0 Å². The number of anilines is 1. The third kappa shape index (κ3) is 3.07. The van der Waals surface area contributed by atoms with Crippen molar-refractivity contribution < 1.29 is 9.18 Å². The largest absolute Gasteiger partial charge is 0.321 e. The maximum absolute atomic E-state index is 13.1. The van der Waals surface area contributed by atoms with Crippen molar-refractivity contribution >= 4 is 27.5 Å². The Balaban J connectivity index is 2.33. The molecule has 0 aliphatic rings. The number of amides is 1. The summed E-state index contributed by atoms with van der Waals surface area (Å²) in [6, 6.07) is 8.04. The third-order valence-electron chi connectivity index (χ3n) is 3.17. The Morgan fingerprint density at radius 3 is 2.20 bits per heavy atom. The zero-order valence-corrected chi connectivity index (χ0v) is 13.1. The lowest BCUT2D eigenvalue weighted by Gasteiger charge is -2.13. The predicted octanol–water partition coefficient (Wildman–Crippen LogP) is 4.77. The molecule has 4 heteroatoms. The molecule has 2 nitrogen and oxygen atoms in total. The molecule has 1 N–H and O–H groups in total. The minimum Gasteiger partial charge on any atom is -0.321 e. The van der Waals surface area contributed by atoms with E-state index in [-0.39, 0.29) is 11.7 Å². The van der Waals surface area contributed by atoms with E-state index < -0.39 is 0 Å². The molecule has 2 rings (SSSR count). The number of nitrogens with one attached hydrogen (secondary N) is 1. The van der Waals surface area contributed by atoms with Gasteiger partial charge in [0, 0.05) is 15.7 Å². The fourth-order valence-electron chi connectivity index (χ4n) is 2.17. The van der Waals surface area contributed by atoms with Crippen LogP contribution in [0.2, 0.25) is 0 Å². The van der Waals surface area contributed by atoms with Gasteiger partial charge in [0.15, 0.2) is 0 Å². The minimum absolute atomic E-state index is 0.226. The van der Waals surface area contributed by atoms with E-state index in [0.29, 0.717) is 11.1 Å². The van der Waals surface area contributed by atoms with E-state index in [2.05, 4.69) is 21.2 Å². The molecule has 2 aromatic carbocycles. The van der Waals surface area contributed by atoms with Crippen molar-refractivity contribution in [1.29, 1.82) is 0 Å². The van der Waals surface area contributed by atoms with Crippen LogP contribution in [0.15, 0.2) is 34.8 Å². The summed E-state index contributed by atoms with van der Waals surface area (Å²) in [5.41, 5.74) is 3.85. The van der Waals surface area contributed by atoms with Gasteiger partial charge < -0.3 is 5.32 Å². The van der Waals surface area contributed by atoms with Gasteiger partial charge in [0.2, 0.25) is 0 Å². The summed E-state index contributed by atoms with van der Waals surface area (Å²) in [6.45, 7) is 5.59. The van der Waals surface area contributed by atoms with E-state index in [9.17, 15) is 9.18 Å². The fraction of sp³-hybridized carbons (Fsp3) is 0.188. The van der Waals surface area contributed by atoms with Gasteiger partial charge >= 0.3 is 0 Å². The normalized spacial score (nSPS) is 10.4. The van der Waals surface area contributed by atoms with Crippen LogP contribution in [0, 0.1) is 26.6 Å². The lowest BCUT2D eigenvalue weighted by molar-refractivity contribution is 0.102. The van der Waals surface area contributed by atoms with Gasteiger partial charge in [0.25, 0.3) is 5.91 Å². The molecule has 2 aromatic rings. The highest BCUT2D eigenvalue weighted by atomic mass is 79.9. The van der Waals surface area contributed by atoms with E-state index in [4.69, 9.17) is 0 Å². The first-order chi connectivity index (χ1) is 9.38. The number of rotatable bonds is 2. The fourth-order valence-corrected chi connectivity index (χ4v) is 2.86. The van der Waals surface area contributed by atoms with Gasteiger partial charge in [-0.15, -0.1) is 0 Å². The molecule has 104 valence electrons. The SMILES string of the molecule is Cc1cc(F)ccc1C(=O)Nc1c(C)cc(Br)cc1C. The van der Waals surface area contributed by atoms with Gasteiger partial charge in [-0.1, -0.05) is 15.9 Å². The number of benzene rings is 2. The van der Waals surface area contributed by atoms with Crippen molar-refractivity contribution in [3.05, 3.63) is 62.9 Å². The van der Waals surface area contributed by atoms with Crippen LogP contribution >= 0.6 is 15.9 Å². The lowest BCUT2D eigenvalue weighted by Crippen LogP contribution is -2.15. The molecule has 1 amide bonds. The molecular formula is C16H15BrFNO. The molecule has 0 aliphatic carbocycles. The Bertz CT molecular complexity index is 659. The second kappa shape index (κ2) is 5.75. The number of hydrogen-bond acceptors (Lipinski definition) is 1. The average Bonchev–Trinajstić information content (AvgIpc) is 2.33. The zero-order valence-electron chi connectivity index (χ0n) is 11.6. The summed E-state index contributed by atoms with van der Waals surface area (Å²) in [5.74, 6) is -0.564. The van der Waals surface area contributed by atoms with Crippen molar-refractivity contribution in [2.75, 3.05) is 5.32 Å². The molecule has 0 bridgehead atoms. The smallest absolute Gasteiger partial charge is 0.255 e. The van der Waals surface area contributed by atoms with E-state index in [0.717, 1.165) is 21.3 Å². The van der Waals surface area contributed by atoms with Crippen molar-refractivity contribution in [1.82, 2.24) is 0 Å². The second-order valence-electron chi connectivity index (χ2n) is 4.83. The summed E-state index contributed by atoms with van der Waals surface area (Å²) in [7, 11) is 0. The Kier molecular flexibility index (Phi) is 4.23. The van der Waals surface area contributed by atoms with Gasteiger partial charge in [-0.2, -0.15) is 0 Å². The second-order valence-corrected chi connectivity index (χ2v) is 5.74. The number of carbonyl (C=O) groups is 1. The maximum atomic E-state index is 13.1. The van der Waals surface area contributed by atoms with Gasteiger partial charge in [-0.3, -0.25) is 4.79 Å². The van der Waals surface area contributed by atoms with Crippen LogP contribution in [0.4, 0.5) is 10.1 Å². The predicted molar refractivity (Wildman–Crippen MR) is 82.7 cm³/mol. The first-order valence-electron chi connectivity index (χ1n) is 6.22. The summed E-state index contributed by atoms with van der Waals surface area (Å²) < 4.78 is 14.0. The molecule has 0 heterocycles. The van der Waals surface area contributed by atoms with Gasteiger partial charge in [0.1, 0.15) is 5.82 Å². The van der Waals surface area contributed by atoms with Crippen LogP contribution in [-0.2, 0) is 0 Å². The van der Waals surface area contributed by atoms with Crippen LogP contribution in [0.25, 0.3) is 0 Å². The van der Waals surface area contributed by atoms with Crippen LogP contribution in [0.5, 0.6) is 0 Å². The molecule has 0 fully saturated rings. The molecule has 0 saturated carbocycles. The first-order valence-corrected chi connectivity index (χ1v) is 7.02. The van der Waals surface area contributed by atoms with Crippen LogP contribution in [0.1, 0.15) is 27.0 Å². The van der Waals surface area contributed by atoms with Crippen molar-refractivity contribution in [2.45, 2.75) is 20.8 Å². The lowest BCUT2D eigenvalue weighted by atomic mass is 10.1. The standard InChI is InChI=1S/C16H15BrFNO/c1-9-8-13(18)4-5-14(9)16(20)19-15-10(2)6-12(17)7-11(15)3/h4-8H,1-3H3,(H,19,20). The molecule has 0 saturated heterocycles. The van der Waals surface area contributed by atoms with Crippen LogP contribution in [-0.4, -0.2) is 5.91 Å². The van der Waals surface area contributed by atoms with Crippen LogP contribution in [0.3, 0.4) is 0 Å². The van der Waals surface area contributed by atoms with E-state index >= 15 is 0 Å². The van der Waals surface area contributed by atoms with Crippen LogP contribution < -0.4 is 5.32 Å². The summed E-state index contributed by atoms with van der Waals surface area (Å²) in [5, 5.41) is 2.90. The van der Waals surface area contributed by atoms with Gasteiger partial charge in [-0.25, -0.2) is 4.39 Å². The molecule has 0 radical (unpaired) electrons. The molecule has 0 aromatic heterocycles. The van der Waals surface area contributed by atoms with Crippen molar-refractivity contribution in [3.63, 3.8) is 0 Å². The van der Waals surface area contributed by atoms with Gasteiger partial charge in [-0.05, 0) is 67.8 Å². The van der Waals surface area contributed by atoms with Crippen molar-refractivity contribution in [3.8, 4) is 0 Å². The van der Waals surface area contributed by atoms with E-state index in [1.54, 1.807) is 6.92 Å². The summed E-state index contributed by atoms with van der Waals surface area (Å²) in [4.78, 5) is 12.3. The monoisotopic (exact) mass is 335 g/mol. The quantitative estimate of drug-likeness (QED) is 0.841. The van der Waals surface area contributed by atoms with E-state index in [1.807, 2.05) is 26.0 Å². The van der Waals surface area contributed by atoms with E-state index in [1.165, 1.54) is 18.2 Å². The average molecular weight is 336 g/mol. The molecule has 0 spiro atoms. The number of aryl methyl sites for hydroxylation is 3. The topological polar surface area (TPSA) is 29.1 Å². The Morgan fingerprint density at radius 2 is 1.65 bits per heavy atom. The maximum Gasteiger partial charge on any atom is 0.255 e. The highest BCUT2D eigenvalue weighted by Gasteiger charge is 2.13. The number of hydrogen-bond donors (Lipinski definition) is 1. The zero-order chi connectivity index (χ0) is 14.9. The first kappa shape index (κ1) is 14.7. The number of halogens is 2. The summed E-state index contributed by atoms with van der Waals surface area (Å²) >= 11 is 3.42.